The lowest BCUT2D eigenvalue weighted by Crippen LogP contribution is -2.45. The second kappa shape index (κ2) is 7.19. The number of aryl methyl sites for hydroxylation is 1. The summed E-state index contributed by atoms with van der Waals surface area (Å²) in [6, 6.07) is 2.08. The second-order valence-electron chi connectivity index (χ2n) is 5.20. The van der Waals surface area contributed by atoms with E-state index in [0.717, 1.165) is 12.5 Å². The molecule has 5 heteroatoms. The highest BCUT2D eigenvalue weighted by Gasteiger charge is 2.16. The lowest BCUT2D eigenvalue weighted by atomic mass is 10.1. The van der Waals surface area contributed by atoms with Crippen molar-refractivity contribution in [3.63, 3.8) is 0 Å². The van der Waals surface area contributed by atoms with Crippen LogP contribution in [0.2, 0.25) is 0 Å². The molecule has 0 unspecified atom stereocenters. The second-order valence-corrected chi connectivity index (χ2v) is 5.20. The van der Waals surface area contributed by atoms with Gasteiger partial charge in [-0.15, -0.1) is 0 Å². The minimum atomic E-state index is -0.205. The van der Waals surface area contributed by atoms with Gasteiger partial charge in [-0.1, -0.05) is 0 Å². The smallest absolute Gasteiger partial charge is 0.191 e. The van der Waals surface area contributed by atoms with Crippen molar-refractivity contribution < 1.29 is 4.74 Å². The Morgan fingerprint density at radius 1 is 1.42 bits per heavy atom. The van der Waals surface area contributed by atoms with E-state index in [1.165, 1.54) is 5.56 Å². The third-order valence-electron chi connectivity index (χ3n) is 2.89. The largest absolute Gasteiger partial charge is 0.377 e. The molecule has 0 aliphatic heterocycles. The first-order chi connectivity index (χ1) is 8.96. The molecule has 0 saturated heterocycles. The summed E-state index contributed by atoms with van der Waals surface area (Å²) in [5.41, 5.74) is 0.994. The topological polar surface area (TPSA) is 50.6 Å². The number of nitrogens with one attached hydrogen (secondary N) is 2. The fourth-order valence-electron chi connectivity index (χ4n) is 1.54. The summed E-state index contributed by atoms with van der Waals surface area (Å²) in [7, 11) is 3.73. The SMILES string of the molecule is CCNC(=NCc1ccn(C)c1)NCC(C)(C)OC. The van der Waals surface area contributed by atoms with E-state index in [0.29, 0.717) is 13.1 Å². The van der Waals surface area contributed by atoms with Crippen molar-refractivity contribution in [1.82, 2.24) is 15.2 Å². The zero-order chi connectivity index (χ0) is 14.3. The van der Waals surface area contributed by atoms with Crippen LogP contribution in [0.1, 0.15) is 26.3 Å². The van der Waals surface area contributed by atoms with E-state index >= 15 is 0 Å². The summed E-state index contributed by atoms with van der Waals surface area (Å²) in [6.45, 7) is 8.37. The van der Waals surface area contributed by atoms with Gasteiger partial charge in [0, 0.05) is 39.6 Å². The minimum Gasteiger partial charge on any atom is -0.377 e. The van der Waals surface area contributed by atoms with Crippen LogP contribution in [0.15, 0.2) is 23.5 Å². The van der Waals surface area contributed by atoms with Crippen LogP contribution in [-0.4, -0.2) is 36.3 Å². The maximum absolute atomic E-state index is 5.38. The van der Waals surface area contributed by atoms with Gasteiger partial charge < -0.3 is 19.9 Å². The maximum Gasteiger partial charge on any atom is 0.191 e. The van der Waals surface area contributed by atoms with Crippen molar-refractivity contribution in [3.8, 4) is 0 Å². The highest BCUT2D eigenvalue weighted by molar-refractivity contribution is 5.79. The lowest BCUT2D eigenvalue weighted by molar-refractivity contribution is 0.0268. The molecule has 5 nitrogen and oxygen atoms in total. The van der Waals surface area contributed by atoms with Crippen LogP contribution < -0.4 is 10.6 Å². The van der Waals surface area contributed by atoms with Gasteiger partial charge in [-0.05, 0) is 32.4 Å². The Morgan fingerprint density at radius 3 is 2.68 bits per heavy atom. The van der Waals surface area contributed by atoms with Crippen molar-refractivity contribution in [2.75, 3.05) is 20.2 Å². The number of methoxy groups -OCH3 is 1. The zero-order valence-electron chi connectivity index (χ0n) is 12.7. The third-order valence-corrected chi connectivity index (χ3v) is 2.89. The third kappa shape index (κ3) is 5.79. The molecule has 0 aliphatic carbocycles. The Labute approximate surface area is 116 Å². The molecule has 0 aliphatic rings. The van der Waals surface area contributed by atoms with Gasteiger partial charge in [0.25, 0.3) is 0 Å². The van der Waals surface area contributed by atoms with Gasteiger partial charge in [0.15, 0.2) is 5.96 Å². The van der Waals surface area contributed by atoms with Crippen LogP contribution in [0.4, 0.5) is 0 Å². The molecule has 1 aromatic heterocycles. The molecule has 1 aromatic rings. The Balaban J connectivity index is 2.56. The summed E-state index contributed by atoms with van der Waals surface area (Å²) >= 11 is 0. The molecule has 0 spiro atoms. The molecule has 19 heavy (non-hydrogen) atoms. The summed E-state index contributed by atoms with van der Waals surface area (Å²) in [5, 5.41) is 6.53. The Kier molecular flexibility index (Phi) is 5.89. The number of hydrogen-bond donors (Lipinski definition) is 2. The Morgan fingerprint density at radius 2 is 2.16 bits per heavy atom. The predicted molar refractivity (Wildman–Crippen MR) is 79.3 cm³/mol. The number of ether oxygens (including phenoxy) is 1. The van der Waals surface area contributed by atoms with Crippen LogP contribution in [0, 0.1) is 0 Å². The van der Waals surface area contributed by atoms with Gasteiger partial charge in [-0.3, -0.25) is 0 Å². The maximum atomic E-state index is 5.38. The van der Waals surface area contributed by atoms with Crippen LogP contribution >= 0.6 is 0 Å². The van der Waals surface area contributed by atoms with Gasteiger partial charge in [-0.25, -0.2) is 4.99 Å². The average Bonchev–Trinajstić information content (AvgIpc) is 2.79. The number of hydrogen-bond acceptors (Lipinski definition) is 2. The van der Waals surface area contributed by atoms with E-state index in [1.807, 2.05) is 31.7 Å². The fourth-order valence-corrected chi connectivity index (χ4v) is 1.54. The lowest BCUT2D eigenvalue weighted by Gasteiger charge is -2.24. The molecule has 2 N–H and O–H groups in total. The van der Waals surface area contributed by atoms with Crippen molar-refractivity contribution in [2.45, 2.75) is 32.9 Å². The highest BCUT2D eigenvalue weighted by atomic mass is 16.5. The number of rotatable bonds is 6. The van der Waals surface area contributed by atoms with E-state index in [1.54, 1.807) is 7.11 Å². The number of guanidine groups is 1. The Hall–Kier alpha value is -1.49. The molecular formula is C14H26N4O. The molecule has 0 saturated carbocycles. The molecule has 0 bridgehead atoms. The molecule has 0 amide bonds. The first kappa shape index (κ1) is 15.6. The monoisotopic (exact) mass is 266 g/mol. The van der Waals surface area contributed by atoms with Gasteiger partial charge >= 0.3 is 0 Å². The van der Waals surface area contributed by atoms with Crippen molar-refractivity contribution in [3.05, 3.63) is 24.0 Å². The summed E-state index contributed by atoms with van der Waals surface area (Å²) in [4.78, 5) is 4.56. The van der Waals surface area contributed by atoms with Crippen molar-refractivity contribution in [1.29, 1.82) is 0 Å². The van der Waals surface area contributed by atoms with Crippen LogP contribution in [0.25, 0.3) is 0 Å². The molecule has 0 atom stereocenters. The normalized spacial score (nSPS) is 12.6. The molecule has 0 radical (unpaired) electrons. The van der Waals surface area contributed by atoms with E-state index in [9.17, 15) is 0 Å². The van der Waals surface area contributed by atoms with Crippen LogP contribution in [0.5, 0.6) is 0 Å². The number of aromatic nitrogens is 1. The quantitative estimate of drug-likeness (QED) is 0.606. The Bertz CT molecular complexity index is 409. The van der Waals surface area contributed by atoms with Gasteiger partial charge in [0.05, 0.1) is 12.1 Å². The van der Waals surface area contributed by atoms with Crippen LogP contribution in [0.3, 0.4) is 0 Å². The minimum absolute atomic E-state index is 0.205. The van der Waals surface area contributed by atoms with Crippen molar-refractivity contribution in [2.24, 2.45) is 12.0 Å². The van der Waals surface area contributed by atoms with E-state index < -0.39 is 0 Å². The van der Waals surface area contributed by atoms with Crippen LogP contribution in [-0.2, 0) is 18.3 Å². The van der Waals surface area contributed by atoms with Crippen molar-refractivity contribution >= 4 is 5.96 Å². The van der Waals surface area contributed by atoms with E-state index in [2.05, 4.69) is 34.8 Å². The van der Waals surface area contributed by atoms with Gasteiger partial charge in [-0.2, -0.15) is 0 Å². The average molecular weight is 266 g/mol. The molecule has 0 aromatic carbocycles. The van der Waals surface area contributed by atoms with E-state index in [-0.39, 0.29) is 5.60 Å². The number of nitrogens with zero attached hydrogens (tertiary/aromatic N) is 2. The zero-order valence-corrected chi connectivity index (χ0v) is 12.7. The first-order valence-corrected chi connectivity index (χ1v) is 6.65. The molecule has 1 heterocycles. The highest BCUT2D eigenvalue weighted by Crippen LogP contribution is 2.05. The fraction of sp³-hybridized carbons (Fsp3) is 0.643. The first-order valence-electron chi connectivity index (χ1n) is 6.65. The summed E-state index contributed by atoms with van der Waals surface area (Å²) in [5.74, 6) is 0.816. The molecule has 0 fully saturated rings. The summed E-state index contributed by atoms with van der Waals surface area (Å²) in [6.07, 6.45) is 4.10. The molecule has 108 valence electrons. The predicted octanol–water partition coefficient (Wildman–Crippen LogP) is 1.51. The molecule has 1 rings (SSSR count). The van der Waals surface area contributed by atoms with Gasteiger partial charge in [0.1, 0.15) is 0 Å². The van der Waals surface area contributed by atoms with E-state index in [4.69, 9.17) is 4.74 Å². The van der Waals surface area contributed by atoms with Gasteiger partial charge in [0.2, 0.25) is 0 Å². The summed E-state index contributed by atoms with van der Waals surface area (Å²) < 4.78 is 7.41. The number of aliphatic imine (C=N–C) groups is 1. The molecular weight excluding hydrogens is 240 g/mol. The standard InChI is InChI=1S/C14H26N4O/c1-6-15-13(17-11-14(2,3)19-5)16-9-12-7-8-18(4)10-12/h7-8,10H,6,9,11H2,1-5H3,(H2,15,16,17).